The van der Waals surface area contributed by atoms with Crippen LogP contribution in [0.4, 0.5) is 0 Å². The number of phenols is 1. The van der Waals surface area contributed by atoms with Gasteiger partial charge in [-0.15, -0.1) is 0 Å². The molecule has 0 aromatic heterocycles. The molecule has 1 aromatic carbocycles. The molecule has 1 aromatic rings. The van der Waals surface area contributed by atoms with E-state index >= 15 is 0 Å². The number of hydrogen-bond donors (Lipinski definition) is 2. The third-order valence-electron chi connectivity index (χ3n) is 6.47. The lowest BCUT2D eigenvalue weighted by Gasteiger charge is -2.64. The Morgan fingerprint density at radius 3 is 2.56 bits per heavy atom. The molecule has 0 saturated heterocycles. The number of aromatic hydroxyl groups is 1. The Balaban J connectivity index is 1.51. The Hall–Kier alpha value is -1.36. The summed E-state index contributed by atoms with van der Waals surface area (Å²) in [5.74, 6) is 0.880. The summed E-state index contributed by atoms with van der Waals surface area (Å²) < 4.78 is 0.861. The fourth-order valence-corrected chi connectivity index (χ4v) is 6.99. The first kappa shape index (κ1) is 17.1. The summed E-state index contributed by atoms with van der Waals surface area (Å²) in [4.78, 5) is 13.0. The van der Waals surface area contributed by atoms with Crippen LogP contribution in [0.5, 0.6) is 5.75 Å². The first-order chi connectivity index (χ1) is 11.7. The molecule has 4 aliphatic rings. The smallest absolute Gasteiger partial charge is 0.246 e. The van der Waals surface area contributed by atoms with E-state index in [0.717, 1.165) is 23.7 Å². The molecule has 0 radical (unpaired) electrons. The fraction of sp³-hybridized carbons (Fsp3) is 0.600. The monoisotopic (exact) mass is 404 g/mol. The van der Waals surface area contributed by atoms with E-state index in [1.54, 1.807) is 18.2 Å². The van der Waals surface area contributed by atoms with E-state index in [2.05, 4.69) is 40.3 Å². The van der Waals surface area contributed by atoms with Crippen molar-refractivity contribution in [3.63, 3.8) is 0 Å². The SMILES string of the molecule is C[C@]12CC3CC(C(=O)N/N=C\c4cc(Br)ccc4O)(C1)C[C@@](C)(C3)C2. The van der Waals surface area contributed by atoms with Crippen LogP contribution < -0.4 is 5.43 Å². The molecule has 4 fully saturated rings. The Labute approximate surface area is 157 Å². The van der Waals surface area contributed by atoms with Crippen molar-refractivity contribution in [3.05, 3.63) is 28.2 Å². The summed E-state index contributed by atoms with van der Waals surface area (Å²) in [5, 5.41) is 14.0. The molecule has 4 bridgehead atoms. The van der Waals surface area contributed by atoms with Crippen molar-refractivity contribution in [2.45, 2.75) is 52.4 Å². The lowest BCUT2D eigenvalue weighted by atomic mass is 9.40. The number of carbonyl (C=O) groups is 1. The van der Waals surface area contributed by atoms with Crippen LogP contribution in [-0.2, 0) is 4.79 Å². The Kier molecular flexibility index (Phi) is 3.80. The van der Waals surface area contributed by atoms with Gasteiger partial charge in [-0.25, -0.2) is 5.43 Å². The predicted molar refractivity (Wildman–Crippen MR) is 101 cm³/mol. The van der Waals surface area contributed by atoms with Crippen molar-refractivity contribution in [1.82, 2.24) is 5.43 Å². The second-order valence-corrected chi connectivity index (χ2v) is 10.2. The third kappa shape index (κ3) is 3.01. The first-order valence-corrected chi connectivity index (χ1v) is 9.82. The van der Waals surface area contributed by atoms with Crippen molar-refractivity contribution < 1.29 is 9.90 Å². The number of hydrogen-bond acceptors (Lipinski definition) is 3. The minimum absolute atomic E-state index is 0.0554. The number of halogens is 1. The maximum Gasteiger partial charge on any atom is 0.246 e. The van der Waals surface area contributed by atoms with Gasteiger partial charge >= 0.3 is 0 Å². The van der Waals surface area contributed by atoms with E-state index in [9.17, 15) is 9.90 Å². The zero-order valence-corrected chi connectivity index (χ0v) is 16.4. The molecule has 134 valence electrons. The number of amides is 1. The summed E-state index contributed by atoms with van der Waals surface area (Å²) >= 11 is 3.38. The van der Waals surface area contributed by atoms with Gasteiger partial charge in [0.25, 0.3) is 0 Å². The molecule has 4 aliphatic carbocycles. The summed E-state index contributed by atoms with van der Waals surface area (Å²) in [7, 11) is 0. The number of rotatable bonds is 3. The molecule has 0 heterocycles. The highest BCUT2D eigenvalue weighted by molar-refractivity contribution is 9.10. The zero-order valence-electron chi connectivity index (χ0n) is 14.8. The highest BCUT2D eigenvalue weighted by Gasteiger charge is 2.62. The molecule has 5 rings (SSSR count). The summed E-state index contributed by atoms with van der Waals surface area (Å²) in [6.07, 6.45) is 8.27. The van der Waals surface area contributed by atoms with Gasteiger partial charge in [0.05, 0.1) is 11.6 Å². The highest BCUT2D eigenvalue weighted by Crippen LogP contribution is 2.69. The van der Waals surface area contributed by atoms with E-state index < -0.39 is 0 Å². The molecule has 2 N–H and O–H groups in total. The molecule has 25 heavy (non-hydrogen) atoms. The molecular weight excluding hydrogens is 380 g/mol. The van der Waals surface area contributed by atoms with Gasteiger partial charge in [0, 0.05) is 10.0 Å². The van der Waals surface area contributed by atoms with Crippen molar-refractivity contribution in [1.29, 1.82) is 0 Å². The first-order valence-electron chi connectivity index (χ1n) is 9.03. The average molecular weight is 405 g/mol. The van der Waals surface area contributed by atoms with Crippen molar-refractivity contribution in [2.75, 3.05) is 0 Å². The van der Waals surface area contributed by atoms with Crippen LogP contribution in [0.2, 0.25) is 0 Å². The average Bonchev–Trinajstić information content (AvgIpc) is 2.47. The van der Waals surface area contributed by atoms with E-state index in [1.165, 1.54) is 25.5 Å². The highest BCUT2D eigenvalue weighted by atomic mass is 79.9. The maximum atomic E-state index is 13.0. The summed E-state index contributed by atoms with van der Waals surface area (Å²) in [5.41, 5.74) is 3.70. The van der Waals surface area contributed by atoms with Crippen LogP contribution in [0.25, 0.3) is 0 Å². The second kappa shape index (κ2) is 5.57. The second-order valence-electron chi connectivity index (χ2n) is 9.31. The van der Waals surface area contributed by atoms with Crippen molar-refractivity contribution in [3.8, 4) is 5.75 Å². The van der Waals surface area contributed by atoms with Gasteiger partial charge in [0.1, 0.15) is 5.75 Å². The molecular formula is C20H25BrN2O2. The molecule has 1 amide bonds. The summed E-state index contributed by atoms with van der Waals surface area (Å²) in [6, 6.07) is 5.15. The van der Waals surface area contributed by atoms with Gasteiger partial charge < -0.3 is 5.11 Å². The Morgan fingerprint density at radius 1 is 1.24 bits per heavy atom. The van der Waals surface area contributed by atoms with E-state index in [0.29, 0.717) is 22.3 Å². The van der Waals surface area contributed by atoms with E-state index in [-0.39, 0.29) is 17.1 Å². The molecule has 4 atom stereocenters. The van der Waals surface area contributed by atoms with Crippen molar-refractivity contribution in [2.24, 2.45) is 27.3 Å². The number of nitrogens with one attached hydrogen (secondary N) is 1. The standard InChI is InChI=1S/C20H25BrN2O2/c1-18-6-13-7-19(2,10-18)12-20(8-13,11-18)17(25)23-22-9-14-5-15(21)3-4-16(14)24/h3-5,9,13,24H,6-8,10-12H2,1-2H3,(H,23,25)/b22-9-/t13?,18-,19+,20?. The molecule has 2 unspecified atom stereocenters. The lowest BCUT2D eigenvalue weighted by Crippen LogP contribution is -2.59. The zero-order chi connectivity index (χ0) is 17.9. The van der Waals surface area contributed by atoms with Crippen LogP contribution in [0, 0.1) is 22.2 Å². The van der Waals surface area contributed by atoms with Gasteiger partial charge in [0.15, 0.2) is 0 Å². The Morgan fingerprint density at radius 2 is 1.92 bits per heavy atom. The number of nitrogens with zero attached hydrogens (tertiary/aromatic N) is 1. The Bertz CT molecular complexity index is 742. The number of hydrazone groups is 1. The van der Waals surface area contributed by atoms with Gasteiger partial charge in [-0.2, -0.15) is 5.10 Å². The van der Waals surface area contributed by atoms with E-state index in [4.69, 9.17) is 0 Å². The predicted octanol–water partition coefficient (Wildman–Crippen LogP) is 4.60. The third-order valence-corrected chi connectivity index (χ3v) is 6.96. The van der Waals surface area contributed by atoms with Crippen LogP contribution in [0.1, 0.15) is 57.9 Å². The molecule has 5 heteroatoms. The number of phenolic OH excluding ortho intramolecular Hbond substituents is 1. The normalized spacial score (nSPS) is 39.1. The number of benzene rings is 1. The van der Waals surface area contributed by atoms with E-state index in [1.807, 2.05) is 0 Å². The van der Waals surface area contributed by atoms with Gasteiger partial charge in [-0.3, -0.25) is 4.79 Å². The molecule has 4 saturated carbocycles. The largest absolute Gasteiger partial charge is 0.507 e. The van der Waals surface area contributed by atoms with Gasteiger partial charge in [-0.1, -0.05) is 29.8 Å². The van der Waals surface area contributed by atoms with Gasteiger partial charge in [0.2, 0.25) is 5.91 Å². The molecule has 0 spiro atoms. The van der Waals surface area contributed by atoms with Crippen LogP contribution in [0.3, 0.4) is 0 Å². The topological polar surface area (TPSA) is 61.7 Å². The molecule has 4 nitrogen and oxygen atoms in total. The van der Waals surface area contributed by atoms with Crippen LogP contribution in [0.15, 0.2) is 27.8 Å². The van der Waals surface area contributed by atoms with Gasteiger partial charge in [-0.05, 0) is 73.5 Å². The number of carbonyl (C=O) groups excluding carboxylic acids is 1. The maximum absolute atomic E-state index is 13.0. The fourth-order valence-electron chi connectivity index (χ4n) is 6.61. The minimum Gasteiger partial charge on any atom is -0.507 e. The van der Waals surface area contributed by atoms with Crippen molar-refractivity contribution >= 4 is 28.1 Å². The summed E-state index contributed by atoms with van der Waals surface area (Å²) in [6.45, 7) is 4.72. The van der Waals surface area contributed by atoms with Crippen LogP contribution >= 0.6 is 15.9 Å². The molecule has 0 aliphatic heterocycles. The van der Waals surface area contributed by atoms with Crippen LogP contribution in [-0.4, -0.2) is 17.2 Å². The lowest BCUT2D eigenvalue weighted by molar-refractivity contribution is -0.170. The quantitative estimate of drug-likeness (QED) is 0.570. The minimum atomic E-state index is -0.264.